The summed E-state index contributed by atoms with van der Waals surface area (Å²) in [5.74, 6) is 0.0803. The van der Waals surface area contributed by atoms with Gasteiger partial charge >= 0.3 is 0 Å². The predicted molar refractivity (Wildman–Crippen MR) is 119 cm³/mol. The number of nitrogens with zero attached hydrogens (tertiary/aromatic N) is 1. The van der Waals surface area contributed by atoms with E-state index >= 15 is 0 Å². The number of fused-ring (bicyclic) bond motifs is 1. The van der Waals surface area contributed by atoms with Crippen LogP contribution in [0.1, 0.15) is 21.5 Å². The van der Waals surface area contributed by atoms with Crippen LogP contribution >= 0.6 is 23.4 Å². The van der Waals surface area contributed by atoms with Crippen LogP contribution in [0.4, 0.5) is 5.69 Å². The zero-order chi connectivity index (χ0) is 20.6. The van der Waals surface area contributed by atoms with Crippen LogP contribution in [0.25, 0.3) is 0 Å². The van der Waals surface area contributed by atoms with E-state index in [4.69, 9.17) is 11.6 Å². The van der Waals surface area contributed by atoms with Crippen molar-refractivity contribution >= 4 is 50.0 Å². The predicted octanol–water partition coefficient (Wildman–Crippen LogP) is 3.26. The van der Waals surface area contributed by atoms with Crippen molar-refractivity contribution in [3.63, 3.8) is 0 Å². The molecule has 0 aromatic heterocycles. The van der Waals surface area contributed by atoms with Gasteiger partial charge in [0.15, 0.2) is 15.0 Å². The Kier molecular flexibility index (Phi) is 5.59. The third-order valence-corrected chi connectivity index (χ3v) is 8.47. The molecule has 2 aromatic carbocycles. The van der Waals surface area contributed by atoms with Crippen LogP contribution in [0.15, 0.2) is 47.5 Å². The molecular weight excluding hydrogens is 430 g/mol. The fourth-order valence-corrected chi connectivity index (χ4v) is 7.22. The van der Waals surface area contributed by atoms with Crippen molar-refractivity contribution in [2.75, 3.05) is 16.8 Å². The highest BCUT2D eigenvalue weighted by molar-refractivity contribution is 8.15. The Bertz CT molecular complexity index is 1100. The highest BCUT2D eigenvalue weighted by Gasteiger charge is 2.42. The smallest absolute Gasteiger partial charge is 0.251 e. The Hall–Kier alpha value is -2.03. The lowest BCUT2D eigenvalue weighted by Gasteiger charge is -2.12. The summed E-state index contributed by atoms with van der Waals surface area (Å²) in [6.45, 7) is 2.29. The van der Waals surface area contributed by atoms with Crippen molar-refractivity contribution in [3.05, 3.63) is 64.2 Å². The van der Waals surface area contributed by atoms with E-state index in [1.807, 2.05) is 31.2 Å². The van der Waals surface area contributed by atoms with Crippen LogP contribution in [0.3, 0.4) is 0 Å². The largest absolute Gasteiger partial charge is 0.348 e. The molecule has 152 valence electrons. The number of thioether (sulfide) groups is 1. The monoisotopic (exact) mass is 449 g/mol. The van der Waals surface area contributed by atoms with Gasteiger partial charge in [-0.25, -0.2) is 8.42 Å². The van der Waals surface area contributed by atoms with Gasteiger partial charge in [-0.1, -0.05) is 47.6 Å². The number of sulfone groups is 1. The Balaban J connectivity index is 1.44. The van der Waals surface area contributed by atoms with E-state index in [-0.39, 0.29) is 28.7 Å². The average Bonchev–Trinajstić information content (AvgIpc) is 3.15. The molecule has 4 rings (SSSR count). The van der Waals surface area contributed by atoms with Crippen molar-refractivity contribution in [1.82, 2.24) is 5.32 Å². The van der Waals surface area contributed by atoms with E-state index in [2.05, 4.69) is 15.6 Å². The van der Waals surface area contributed by atoms with Gasteiger partial charge < -0.3 is 10.6 Å². The lowest BCUT2D eigenvalue weighted by atomic mass is 10.1. The topological polar surface area (TPSA) is 87.6 Å². The standard InChI is InChI=1S/C20H20ClN3O3S2/c1-12-6-7-13(19(25)22-9-14-4-2-3-5-15(14)21)8-16(12)23-20-24-17-10-29(26,27)11-18(17)28-20/h2-8,17-18H,9-11H2,1H3,(H,22,25)(H,23,24)/t17-,18-/m1/s1. The molecule has 0 unspecified atom stereocenters. The van der Waals surface area contributed by atoms with Crippen molar-refractivity contribution in [2.45, 2.75) is 24.8 Å². The molecule has 2 atom stereocenters. The van der Waals surface area contributed by atoms with Gasteiger partial charge in [0.2, 0.25) is 0 Å². The molecule has 0 saturated carbocycles. The highest BCUT2D eigenvalue weighted by atomic mass is 35.5. The minimum absolute atomic E-state index is 0.0232. The van der Waals surface area contributed by atoms with E-state index in [9.17, 15) is 13.2 Å². The first kappa shape index (κ1) is 20.3. The number of halogens is 1. The van der Waals surface area contributed by atoms with Gasteiger partial charge in [-0.05, 0) is 36.2 Å². The van der Waals surface area contributed by atoms with Gasteiger partial charge in [0.05, 0.1) is 17.5 Å². The van der Waals surface area contributed by atoms with Crippen molar-refractivity contribution in [1.29, 1.82) is 0 Å². The number of hydrogen-bond donors (Lipinski definition) is 2. The first-order valence-corrected chi connectivity index (χ1v) is 12.2. The van der Waals surface area contributed by atoms with Crippen molar-refractivity contribution in [2.24, 2.45) is 4.99 Å². The Morgan fingerprint density at radius 2 is 2.03 bits per heavy atom. The molecule has 29 heavy (non-hydrogen) atoms. The molecule has 2 aliphatic heterocycles. The first-order chi connectivity index (χ1) is 13.8. The lowest BCUT2D eigenvalue weighted by Crippen LogP contribution is -2.23. The molecule has 1 saturated heterocycles. The van der Waals surface area contributed by atoms with Crippen molar-refractivity contribution < 1.29 is 13.2 Å². The Morgan fingerprint density at radius 3 is 2.79 bits per heavy atom. The summed E-state index contributed by atoms with van der Waals surface area (Å²) < 4.78 is 23.4. The molecule has 0 spiro atoms. The molecule has 2 aromatic rings. The molecule has 2 aliphatic rings. The van der Waals surface area contributed by atoms with Crippen LogP contribution in [-0.2, 0) is 16.4 Å². The summed E-state index contributed by atoms with van der Waals surface area (Å²) >= 11 is 7.59. The highest BCUT2D eigenvalue weighted by Crippen LogP contribution is 2.35. The molecular formula is C20H20ClN3O3S2. The number of amidine groups is 1. The summed E-state index contributed by atoms with van der Waals surface area (Å²) in [5.41, 5.74) is 3.13. The number of nitrogens with one attached hydrogen (secondary N) is 2. The van der Waals surface area contributed by atoms with Crippen LogP contribution < -0.4 is 10.6 Å². The third kappa shape index (κ3) is 4.60. The average molecular weight is 450 g/mol. The summed E-state index contributed by atoms with van der Waals surface area (Å²) in [6, 6.07) is 12.6. The summed E-state index contributed by atoms with van der Waals surface area (Å²) in [7, 11) is -2.98. The minimum atomic E-state index is -2.98. The lowest BCUT2D eigenvalue weighted by molar-refractivity contribution is 0.0951. The molecule has 1 fully saturated rings. The van der Waals surface area contributed by atoms with Gasteiger partial charge in [-0.2, -0.15) is 0 Å². The number of rotatable bonds is 4. The normalized spacial score (nSPS) is 22.1. The van der Waals surface area contributed by atoms with Crippen LogP contribution in [0.5, 0.6) is 0 Å². The SMILES string of the molecule is Cc1ccc(C(=O)NCc2ccccc2Cl)cc1NC1=N[C@@H]2CS(=O)(=O)C[C@H]2S1. The second-order valence-corrected chi connectivity index (χ2v) is 11.0. The van der Waals surface area contributed by atoms with E-state index in [1.165, 1.54) is 11.8 Å². The summed E-state index contributed by atoms with van der Waals surface area (Å²) in [6.07, 6.45) is 0. The quantitative estimate of drug-likeness (QED) is 0.748. The molecule has 9 heteroatoms. The molecule has 0 aliphatic carbocycles. The van der Waals surface area contributed by atoms with Gasteiger partial charge in [0.1, 0.15) is 0 Å². The van der Waals surface area contributed by atoms with Crippen LogP contribution in [-0.4, -0.2) is 42.3 Å². The van der Waals surface area contributed by atoms with Crippen LogP contribution in [0, 0.1) is 6.92 Å². The fraction of sp³-hybridized carbons (Fsp3) is 0.300. The minimum Gasteiger partial charge on any atom is -0.348 e. The van der Waals surface area contributed by atoms with E-state index in [0.29, 0.717) is 22.3 Å². The molecule has 1 amide bonds. The molecule has 0 bridgehead atoms. The second kappa shape index (κ2) is 8.01. The second-order valence-electron chi connectivity index (χ2n) is 7.16. The van der Waals surface area contributed by atoms with Crippen molar-refractivity contribution in [3.8, 4) is 0 Å². The number of benzene rings is 2. The number of aliphatic imine (C=N–C) groups is 1. The zero-order valence-electron chi connectivity index (χ0n) is 15.7. The summed E-state index contributed by atoms with van der Waals surface area (Å²) in [5, 5.41) is 7.44. The third-order valence-electron chi connectivity index (χ3n) is 4.96. The molecule has 6 nitrogen and oxygen atoms in total. The number of carbonyl (C=O) groups excluding carboxylic acids is 1. The maximum absolute atomic E-state index is 12.6. The van der Waals surface area contributed by atoms with E-state index in [0.717, 1.165) is 16.8 Å². The van der Waals surface area contributed by atoms with Gasteiger partial charge in [-0.3, -0.25) is 9.79 Å². The number of aryl methyl sites for hydroxylation is 1. The summed E-state index contributed by atoms with van der Waals surface area (Å²) in [4.78, 5) is 17.1. The fourth-order valence-electron chi connectivity index (χ4n) is 3.35. The van der Waals surface area contributed by atoms with Crippen LogP contribution in [0.2, 0.25) is 5.02 Å². The number of amides is 1. The first-order valence-electron chi connectivity index (χ1n) is 9.15. The van der Waals surface area contributed by atoms with Gasteiger partial charge in [0, 0.05) is 28.1 Å². The number of hydrogen-bond acceptors (Lipinski definition) is 6. The molecule has 2 N–H and O–H groups in total. The van der Waals surface area contributed by atoms with E-state index < -0.39 is 9.84 Å². The number of anilines is 1. The zero-order valence-corrected chi connectivity index (χ0v) is 18.1. The van der Waals surface area contributed by atoms with E-state index in [1.54, 1.807) is 18.2 Å². The Morgan fingerprint density at radius 1 is 1.24 bits per heavy atom. The van der Waals surface area contributed by atoms with Gasteiger partial charge in [0.25, 0.3) is 5.91 Å². The molecule has 2 heterocycles. The number of carbonyl (C=O) groups is 1. The Labute approximate surface area is 179 Å². The molecule has 0 radical (unpaired) electrons. The maximum atomic E-state index is 12.6. The van der Waals surface area contributed by atoms with Gasteiger partial charge in [-0.15, -0.1) is 0 Å². The maximum Gasteiger partial charge on any atom is 0.251 e.